The van der Waals surface area contributed by atoms with Crippen molar-refractivity contribution in [3.05, 3.63) is 35.6 Å². The smallest absolute Gasteiger partial charge is 0.212 e. The first-order chi connectivity index (χ1) is 6.71. The molecule has 0 aromatic heterocycles. The van der Waals surface area contributed by atoms with Crippen LogP contribution in [0.3, 0.4) is 0 Å². The first-order valence-electron chi connectivity index (χ1n) is 3.77. The van der Waals surface area contributed by atoms with Crippen LogP contribution in [-0.4, -0.2) is 14.2 Å². The van der Waals surface area contributed by atoms with E-state index in [9.17, 15) is 21.6 Å². The van der Waals surface area contributed by atoms with Crippen LogP contribution in [0.1, 0.15) is 5.56 Å². The first kappa shape index (κ1) is 12.3. The highest BCUT2D eigenvalue weighted by Crippen LogP contribution is 2.30. The van der Waals surface area contributed by atoms with Crippen LogP contribution in [0.15, 0.2) is 24.3 Å². The fourth-order valence-electron chi connectivity index (χ4n) is 0.994. The number of alkyl halides is 2. The molecular formula is C8H6ClF3O2S. The number of hydrogen-bond acceptors (Lipinski definition) is 2. The maximum Gasteiger partial charge on any atom is 0.288 e. The predicted octanol–water partition coefficient (Wildman–Crippen LogP) is 2.49. The predicted molar refractivity (Wildman–Crippen MR) is 49.9 cm³/mol. The maximum absolute atomic E-state index is 13.2. The molecule has 0 spiro atoms. The van der Waals surface area contributed by atoms with Crippen LogP contribution in [0.25, 0.3) is 0 Å². The second kappa shape index (κ2) is 4.02. The van der Waals surface area contributed by atoms with Crippen molar-refractivity contribution in [1.29, 1.82) is 0 Å². The Bertz CT molecular complexity index is 441. The fourth-order valence-corrected chi connectivity index (χ4v) is 2.00. The van der Waals surface area contributed by atoms with E-state index in [1.165, 1.54) is 0 Å². The lowest BCUT2D eigenvalue weighted by atomic mass is 10.1. The van der Waals surface area contributed by atoms with Gasteiger partial charge in [-0.2, -0.15) is 0 Å². The quantitative estimate of drug-likeness (QED) is 0.781. The SMILES string of the molecule is O=S(=O)(Cl)CC(F)(F)c1ccc(F)cc1. The number of benzene rings is 1. The van der Waals surface area contributed by atoms with Gasteiger partial charge in [0.15, 0.2) is 0 Å². The van der Waals surface area contributed by atoms with E-state index in [4.69, 9.17) is 10.7 Å². The number of halogens is 4. The lowest BCUT2D eigenvalue weighted by Crippen LogP contribution is -2.22. The molecule has 0 aliphatic carbocycles. The Kier molecular flexibility index (Phi) is 3.30. The summed E-state index contributed by atoms with van der Waals surface area (Å²) in [6, 6.07) is 3.28. The molecule has 0 bridgehead atoms. The highest BCUT2D eigenvalue weighted by atomic mass is 35.7. The zero-order chi connectivity index (χ0) is 11.7. The van der Waals surface area contributed by atoms with Crippen molar-refractivity contribution in [1.82, 2.24) is 0 Å². The van der Waals surface area contributed by atoms with Crippen LogP contribution in [0, 0.1) is 5.82 Å². The van der Waals surface area contributed by atoms with E-state index in [0.29, 0.717) is 0 Å². The molecule has 1 aromatic rings. The second-order valence-corrected chi connectivity index (χ2v) is 5.67. The van der Waals surface area contributed by atoms with Gasteiger partial charge in [-0.1, -0.05) is 12.1 Å². The van der Waals surface area contributed by atoms with Crippen LogP contribution < -0.4 is 0 Å². The number of hydrogen-bond donors (Lipinski definition) is 0. The molecule has 0 heterocycles. The van der Waals surface area contributed by atoms with Gasteiger partial charge in [-0.15, -0.1) is 0 Å². The van der Waals surface area contributed by atoms with Gasteiger partial charge >= 0.3 is 0 Å². The topological polar surface area (TPSA) is 34.1 Å². The Labute approximate surface area is 89.1 Å². The first-order valence-corrected chi connectivity index (χ1v) is 6.25. The molecular weight excluding hydrogens is 253 g/mol. The van der Waals surface area contributed by atoms with Crippen LogP contribution in [0.5, 0.6) is 0 Å². The third kappa shape index (κ3) is 3.71. The standard InChI is InChI=1S/C8H6ClF3O2S/c9-15(13,14)5-8(11,12)6-1-3-7(10)4-2-6/h1-4H,5H2. The molecule has 84 valence electrons. The lowest BCUT2D eigenvalue weighted by Gasteiger charge is -2.14. The summed E-state index contributed by atoms with van der Waals surface area (Å²) in [5.74, 6) is -5.80. The Morgan fingerprint density at radius 2 is 1.67 bits per heavy atom. The van der Waals surface area contributed by atoms with E-state index in [2.05, 4.69) is 0 Å². The summed E-state index contributed by atoms with van der Waals surface area (Å²) in [6.07, 6.45) is 0. The van der Waals surface area contributed by atoms with E-state index in [1.807, 2.05) is 0 Å². The lowest BCUT2D eigenvalue weighted by molar-refractivity contribution is 0.0217. The summed E-state index contributed by atoms with van der Waals surface area (Å²) in [7, 11) is 0.405. The van der Waals surface area contributed by atoms with Crippen molar-refractivity contribution >= 4 is 19.7 Å². The molecule has 0 amide bonds. The van der Waals surface area contributed by atoms with E-state index >= 15 is 0 Å². The maximum atomic E-state index is 13.2. The van der Waals surface area contributed by atoms with Crippen molar-refractivity contribution in [3.8, 4) is 0 Å². The van der Waals surface area contributed by atoms with Crippen molar-refractivity contribution in [3.63, 3.8) is 0 Å². The normalized spacial score (nSPS) is 12.8. The monoisotopic (exact) mass is 258 g/mol. The average molecular weight is 259 g/mol. The van der Waals surface area contributed by atoms with Gasteiger partial charge in [-0.3, -0.25) is 0 Å². The molecule has 0 aliphatic heterocycles. The summed E-state index contributed by atoms with van der Waals surface area (Å²) in [4.78, 5) is 0. The molecule has 0 unspecified atom stereocenters. The highest BCUT2D eigenvalue weighted by molar-refractivity contribution is 8.13. The van der Waals surface area contributed by atoms with Crippen molar-refractivity contribution < 1.29 is 21.6 Å². The summed E-state index contributed by atoms with van der Waals surface area (Å²) in [5, 5.41) is 0. The Morgan fingerprint density at radius 3 is 2.07 bits per heavy atom. The molecule has 0 N–H and O–H groups in total. The molecule has 0 fully saturated rings. The third-order valence-corrected chi connectivity index (χ3v) is 2.65. The minimum absolute atomic E-state index is 0.590. The van der Waals surface area contributed by atoms with Gasteiger partial charge in [0.2, 0.25) is 9.05 Å². The second-order valence-electron chi connectivity index (χ2n) is 2.89. The van der Waals surface area contributed by atoms with Gasteiger partial charge in [-0.05, 0) is 12.1 Å². The molecule has 1 rings (SSSR count). The van der Waals surface area contributed by atoms with Gasteiger partial charge in [0.05, 0.1) is 0 Å². The Balaban J connectivity index is 3.00. The molecule has 0 radical (unpaired) electrons. The van der Waals surface area contributed by atoms with E-state index in [1.54, 1.807) is 0 Å². The van der Waals surface area contributed by atoms with Crippen LogP contribution in [0.4, 0.5) is 13.2 Å². The molecule has 0 atom stereocenters. The van der Waals surface area contributed by atoms with Crippen LogP contribution >= 0.6 is 10.7 Å². The summed E-state index contributed by atoms with van der Waals surface area (Å²) >= 11 is 0. The highest BCUT2D eigenvalue weighted by Gasteiger charge is 2.36. The van der Waals surface area contributed by atoms with Crippen molar-refractivity contribution in [2.45, 2.75) is 5.92 Å². The Hall–Kier alpha value is -0.750. The fraction of sp³-hybridized carbons (Fsp3) is 0.250. The molecule has 0 aliphatic rings. The average Bonchev–Trinajstić information content (AvgIpc) is 2.00. The van der Waals surface area contributed by atoms with E-state index < -0.39 is 32.1 Å². The summed E-state index contributed by atoms with van der Waals surface area (Å²) < 4.78 is 59.8. The van der Waals surface area contributed by atoms with E-state index in [-0.39, 0.29) is 0 Å². The minimum Gasteiger partial charge on any atom is -0.212 e. The molecule has 15 heavy (non-hydrogen) atoms. The molecule has 1 aromatic carbocycles. The van der Waals surface area contributed by atoms with Gasteiger partial charge in [-0.25, -0.2) is 21.6 Å². The zero-order valence-corrected chi connectivity index (χ0v) is 8.83. The Morgan fingerprint density at radius 1 is 1.20 bits per heavy atom. The largest absolute Gasteiger partial charge is 0.288 e. The third-order valence-electron chi connectivity index (χ3n) is 1.62. The van der Waals surface area contributed by atoms with Gasteiger partial charge < -0.3 is 0 Å². The molecule has 7 heteroatoms. The van der Waals surface area contributed by atoms with Gasteiger partial charge in [0.25, 0.3) is 5.92 Å². The van der Waals surface area contributed by atoms with Crippen LogP contribution in [-0.2, 0) is 15.0 Å². The summed E-state index contributed by atoms with van der Waals surface area (Å²) in [6.45, 7) is 0. The molecule has 0 saturated carbocycles. The van der Waals surface area contributed by atoms with Crippen molar-refractivity contribution in [2.24, 2.45) is 0 Å². The van der Waals surface area contributed by atoms with Crippen LogP contribution in [0.2, 0.25) is 0 Å². The zero-order valence-electron chi connectivity index (χ0n) is 7.25. The summed E-state index contributed by atoms with van der Waals surface area (Å²) in [5.41, 5.74) is -0.590. The number of rotatable bonds is 3. The molecule has 2 nitrogen and oxygen atoms in total. The van der Waals surface area contributed by atoms with Crippen molar-refractivity contribution in [2.75, 3.05) is 5.75 Å². The minimum atomic E-state index is -4.31. The molecule has 0 saturated heterocycles. The van der Waals surface area contributed by atoms with Gasteiger partial charge in [0, 0.05) is 16.2 Å². The van der Waals surface area contributed by atoms with Gasteiger partial charge in [0.1, 0.15) is 11.6 Å². The van der Waals surface area contributed by atoms with E-state index in [0.717, 1.165) is 24.3 Å².